The average molecular weight is 253 g/mol. The Morgan fingerprint density at radius 1 is 1.47 bits per heavy atom. The number of anilines is 1. The SMILES string of the molecule is O=C1CCC(C(=O)Nc2cccc(Cl)c2)CN1. The van der Waals surface area contributed by atoms with Crippen molar-refractivity contribution in [1.82, 2.24) is 5.32 Å². The van der Waals surface area contributed by atoms with Crippen LogP contribution in [-0.2, 0) is 9.59 Å². The van der Waals surface area contributed by atoms with Crippen molar-refractivity contribution >= 4 is 29.1 Å². The van der Waals surface area contributed by atoms with Gasteiger partial charge in [-0.15, -0.1) is 0 Å². The molecule has 0 aromatic heterocycles. The van der Waals surface area contributed by atoms with E-state index in [0.29, 0.717) is 30.1 Å². The molecule has 0 bridgehead atoms. The van der Waals surface area contributed by atoms with Crippen molar-refractivity contribution in [2.45, 2.75) is 12.8 Å². The minimum atomic E-state index is -0.160. The second-order valence-electron chi connectivity index (χ2n) is 4.04. The highest BCUT2D eigenvalue weighted by molar-refractivity contribution is 6.30. The summed E-state index contributed by atoms with van der Waals surface area (Å²) >= 11 is 5.82. The minimum absolute atomic E-state index is 0.0109. The molecule has 17 heavy (non-hydrogen) atoms. The Morgan fingerprint density at radius 3 is 2.94 bits per heavy atom. The van der Waals surface area contributed by atoms with Gasteiger partial charge in [0.2, 0.25) is 11.8 Å². The zero-order valence-corrected chi connectivity index (χ0v) is 9.96. The fourth-order valence-corrected chi connectivity index (χ4v) is 1.96. The topological polar surface area (TPSA) is 58.2 Å². The van der Waals surface area contributed by atoms with Gasteiger partial charge in [0.25, 0.3) is 0 Å². The van der Waals surface area contributed by atoms with Crippen molar-refractivity contribution in [2.24, 2.45) is 5.92 Å². The highest BCUT2D eigenvalue weighted by Gasteiger charge is 2.24. The molecule has 0 spiro atoms. The van der Waals surface area contributed by atoms with Crippen molar-refractivity contribution in [2.75, 3.05) is 11.9 Å². The molecular formula is C12H13ClN2O2. The first-order valence-corrected chi connectivity index (χ1v) is 5.86. The van der Waals surface area contributed by atoms with Crippen LogP contribution in [0, 0.1) is 5.92 Å². The zero-order valence-electron chi connectivity index (χ0n) is 9.20. The third kappa shape index (κ3) is 3.20. The van der Waals surface area contributed by atoms with E-state index in [9.17, 15) is 9.59 Å². The molecule has 1 fully saturated rings. The maximum absolute atomic E-state index is 11.9. The molecular weight excluding hydrogens is 240 g/mol. The number of nitrogens with one attached hydrogen (secondary N) is 2. The van der Waals surface area contributed by atoms with Gasteiger partial charge in [-0.2, -0.15) is 0 Å². The van der Waals surface area contributed by atoms with Gasteiger partial charge >= 0.3 is 0 Å². The van der Waals surface area contributed by atoms with Crippen LogP contribution in [0.1, 0.15) is 12.8 Å². The number of amides is 2. The van der Waals surface area contributed by atoms with Crippen LogP contribution in [0.5, 0.6) is 0 Å². The molecule has 1 unspecified atom stereocenters. The third-order valence-corrected chi connectivity index (χ3v) is 2.96. The number of rotatable bonds is 2. The lowest BCUT2D eigenvalue weighted by atomic mass is 9.98. The predicted molar refractivity (Wildman–Crippen MR) is 65.8 cm³/mol. The molecule has 1 aromatic carbocycles. The second-order valence-corrected chi connectivity index (χ2v) is 4.48. The van der Waals surface area contributed by atoms with E-state index in [2.05, 4.69) is 10.6 Å². The molecule has 1 saturated heterocycles. The molecule has 4 nitrogen and oxygen atoms in total. The smallest absolute Gasteiger partial charge is 0.229 e. The van der Waals surface area contributed by atoms with Crippen LogP contribution in [0.3, 0.4) is 0 Å². The third-order valence-electron chi connectivity index (χ3n) is 2.73. The number of carbonyl (C=O) groups is 2. The van der Waals surface area contributed by atoms with Crippen LogP contribution in [-0.4, -0.2) is 18.4 Å². The van der Waals surface area contributed by atoms with Gasteiger partial charge in [0, 0.05) is 23.7 Å². The van der Waals surface area contributed by atoms with E-state index in [0.717, 1.165) is 0 Å². The lowest BCUT2D eigenvalue weighted by molar-refractivity contribution is -0.126. The molecule has 2 rings (SSSR count). The number of hydrogen-bond acceptors (Lipinski definition) is 2. The maximum atomic E-state index is 11.9. The molecule has 1 aliphatic heterocycles. The summed E-state index contributed by atoms with van der Waals surface area (Å²) in [5, 5.41) is 6.06. The number of benzene rings is 1. The number of halogens is 1. The molecule has 2 N–H and O–H groups in total. The van der Waals surface area contributed by atoms with Gasteiger partial charge in [-0.3, -0.25) is 9.59 Å². The van der Waals surface area contributed by atoms with Gasteiger partial charge in [0.15, 0.2) is 0 Å². The quantitative estimate of drug-likeness (QED) is 0.843. The minimum Gasteiger partial charge on any atom is -0.355 e. The lowest BCUT2D eigenvalue weighted by Gasteiger charge is -2.21. The molecule has 1 aromatic rings. The number of piperidine rings is 1. The van der Waals surface area contributed by atoms with E-state index >= 15 is 0 Å². The molecule has 0 radical (unpaired) electrons. The highest BCUT2D eigenvalue weighted by Crippen LogP contribution is 2.17. The van der Waals surface area contributed by atoms with Gasteiger partial charge in [0.05, 0.1) is 5.92 Å². The maximum Gasteiger partial charge on any atom is 0.229 e. The molecule has 5 heteroatoms. The largest absolute Gasteiger partial charge is 0.355 e. The van der Waals surface area contributed by atoms with E-state index in [-0.39, 0.29) is 17.7 Å². The average Bonchev–Trinajstić information content (AvgIpc) is 2.29. The van der Waals surface area contributed by atoms with Crippen LogP contribution in [0.25, 0.3) is 0 Å². The van der Waals surface area contributed by atoms with E-state index in [4.69, 9.17) is 11.6 Å². The van der Waals surface area contributed by atoms with E-state index < -0.39 is 0 Å². The van der Waals surface area contributed by atoms with Crippen molar-refractivity contribution in [3.8, 4) is 0 Å². The summed E-state index contributed by atoms with van der Waals surface area (Å²) in [7, 11) is 0. The molecule has 0 aliphatic carbocycles. The molecule has 1 heterocycles. The molecule has 90 valence electrons. The standard InChI is InChI=1S/C12H13ClN2O2/c13-9-2-1-3-10(6-9)15-12(17)8-4-5-11(16)14-7-8/h1-3,6,8H,4-5,7H2,(H,14,16)(H,15,17). The van der Waals surface area contributed by atoms with Gasteiger partial charge in [-0.1, -0.05) is 17.7 Å². The summed E-state index contributed by atoms with van der Waals surface area (Å²) in [5.41, 5.74) is 0.680. The number of hydrogen-bond donors (Lipinski definition) is 2. The molecule has 2 amide bonds. The van der Waals surface area contributed by atoms with Gasteiger partial charge in [-0.25, -0.2) is 0 Å². The monoisotopic (exact) mass is 252 g/mol. The summed E-state index contributed by atoms with van der Waals surface area (Å²) in [6.45, 7) is 0.408. The molecule has 1 atom stereocenters. The molecule has 0 saturated carbocycles. The Bertz CT molecular complexity index is 438. The van der Waals surface area contributed by atoms with Crippen LogP contribution in [0.15, 0.2) is 24.3 Å². The van der Waals surface area contributed by atoms with E-state index in [1.165, 1.54) is 0 Å². The summed E-state index contributed by atoms with van der Waals surface area (Å²) in [4.78, 5) is 22.9. The zero-order chi connectivity index (χ0) is 12.3. The fraction of sp³-hybridized carbons (Fsp3) is 0.333. The second kappa shape index (κ2) is 5.19. The highest BCUT2D eigenvalue weighted by atomic mass is 35.5. The van der Waals surface area contributed by atoms with E-state index in [1.807, 2.05) is 0 Å². The van der Waals surface area contributed by atoms with Crippen LogP contribution < -0.4 is 10.6 Å². The Kier molecular flexibility index (Phi) is 3.64. The summed E-state index contributed by atoms with van der Waals surface area (Å²) < 4.78 is 0. The van der Waals surface area contributed by atoms with Crippen molar-refractivity contribution < 1.29 is 9.59 Å². The first kappa shape index (κ1) is 11.9. The normalized spacial score (nSPS) is 19.6. The van der Waals surface area contributed by atoms with Crippen molar-refractivity contribution in [3.63, 3.8) is 0 Å². The summed E-state index contributed by atoms with van der Waals surface area (Å²) in [6.07, 6.45) is 1.01. The Labute approximate surface area is 104 Å². The Hall–Kier alpha value is -1.55. The van der Waals surface area contributed by atoms with Gasteiger partial charge in [-0.05, 0) is 24.6 Å². The van der Waals surface area contributed by atoms with Crippen molar-refractivity contribution in [1.29, 1.82) is 0 Å². The van der Waals surface area contributed by atoms with Crippen LogP contribution in [0.4, 0.5) is 5.69 Å². The predicted octanol–water partition coefficient (Wildman–Crippen LogP) is 1.80. The number of carbonyl (C=O) groups excluding carboxylic acids is 2. The first-order chi connectivity index (χ1) is 8.15. The van der Waals surface area contributed by atoms with Gasteiger partial charge < -0.3 is 10.6 Å². The van der Waals surface area contributed by atoms with Gasteiger partial charge in [0.1, 0.15) is 0 Å². The molecule has 1 aliphatic rings. The Morgan fingerprint density at radius 2 is 2.29 bits per heavy atom. The first-order valence-electron chi connectivity index (χ1n) is 5.48. The fourth-order valence-electron chi connectivity index (χ4n) is 1.77. The Balaban J connectivity index is 1.95. The van der Waals surface area contributed by atoms with Crippen LogP contribution >= 0.6 is 11.6 Å². The van der Waals surface area contributed by atoms with Crippen molar-refractivity contribution in [3.05, 3.63) is 29.3 Å². The lowest BCUT2D eigenvalue weighted by Crippen LogP contribution is -2.40. The van der Waals surface area contributed by atoms with E-state index in [1.54, 1.807) is 24.3 Å². The van der Waals surface area contributed by atoms with Crippen LogP contribution in [0.2, 0.25) is 5.02 Å². The summed E-state index contributed by atoms with van der Waals surface area (Å²) in [5.74, 6) is -0.226. The summed E-state index contributed by atoms with van der Waals surface area (Å²) in [6, 6.07) is 7.00.